The summed E-state index contributed by atoms with van der Waals surface area (Å²) in [7, 11) is -4.99. The molecule has 11 nitrogen and oxygen atoms in total. The van der Waals surface area contributed by atoms with Crippen LogP contribution >= 0.6 is 0 Å². The molecule has 2 heterocycles. The van der Waals surface area contributed by atoms with E-state index in [0.717, 1.165) is 44.9 Å². The fourth-order valence-corrected chi connectivity index (χ4v) is 3.99. The van der Waals surface area contributed by atoms with E-state index in [1.165, 1.54) is 17.1 Å². The molecule has 0 aliphatic carbocycles. The first-order valence-electron chi connectivity index (χ1n) is 10.2. The van der Waals surface area contributed by atoms with Gasteiger partial charge in [-0.05, 0) is 12.8 Å². The van der Waals surface area contributed by atoms with Gasteiger partial charge in [0.1, 0.15) is 15.4 Å². The number of carbonyl (C=O) groups is 5. The van der Waals surface area contributed by atoms with Crippen molar-refractivity contribution in [2.24, 2.45) is 0 Å². The number of unbranched alkanes of at least 4 members (excludes halogenated alkanes) is 7. The normalized spacial score (nSPS) is 18.5. The van der Waals surface area contributed by atoms with Crippen molar-refractivity contribution in [3.8, 4) is 0 Å². The number of carbonyl (C=O) groups excluding carboxylic acids is 5. The summed E-state index contributed by atoms with van der Waals surface area (Å²) in [5.41, 5.74) is 0. The smallest absolute Gasteiger partial charge is 0.747 e. The van der Waals surface area contributed by atoms with Gasteiger partial charge < -0.3 is 9.39 Å². The van der Waals surface area contributed by atoms with Gasteiger partial charge in [-0.3, -0.25) is 24.1 Å². The Bertz CT molecular complexity index is 854. The van der Waals surface area contributed by atoms with Gasteiger partial charge in [0.05, 0.1) is 6.42 Å². The van der Waals surface area contributed by atoms with Crippen LogP contribution in [0.2, 0.25) is 0 Å². The van der Waals surface area contributed by atoms with Crippen LogP contribution < -0.4 is 29.6 Å². The van der Waals surface area contributed by atoms with Crippen LogP contribution in [0.15, 0.2) is 12.2 Å². The molecule has 172 valence electrons. The topological polar surface area (TPSA) is 158 Å². The van der Waals surface area contributed by atoms with Crippen LogP contribution in [0.4, 0.5) is 0 Å². The summed E-state index contributed by atoms with van der Waals surface area (Å²) in [4.78, 5) is 63.7. The second-order valence-electron chi connectivity index (χ2n) is 7.42. The Hall–Kier alpha value is -1.60. The van der Waals surface area contributed by atoms with Crippen LogP contribution in [0, 0.1) is 0 Å². The molecule has 4 amide bonds. The van der Waals surface area contributed by atoms with Gasteiger partial charge in [0.15, 0.2) is 0 Å². The van der Waals surface area contributed by atoms with E-state index in [4.69, 9.17) is 0 Å². The SMILES string of the molecule is O=C(CCCCCCCCCCN1C(=O)C=CC1=O)ON1C(=O)CC(S(=O)(=O)[O-])C1=O.[Na+]. The molecule has 1 unspecified atom stereocenters. The van der Waals surface area contributed by atoms with Gasteiger partial charge in [-0.2, -0.15) is 0 Å². The molecule has 2 aliphatic rings. The third kappa shape index (κ3) is 8.39. The third-order valence-electron chi connectivity index (χ3n) is 5.02. The van der Waals surface area contributed by atoms with Gasteiger partial charge in [0.2, 0.25) is 0 Å². The number of hydroxylamine groups is 2. The molecule has 2 rings (SSSR count). The first kappa shape index (κ1) is 28.4. The van der Waals surface area contributed by atoms with Gasteiger partial charge in [0, 0.05) is 25.1 Å². The van der Waals surface area contributed by atoms with Crippen LogP contribution in [0.5, 0.6) is 0 Å². The Balaban J connectivity index is 0.00000512. The molecular formula is C19H25N2NaO9S. The quantitative estimate of drug-likeness (QED) is 0.121. The summed E-state index contributed by atoms with van der Waals surface area (Å²) in [6.45, 7) is 0.427. The molecule has 0 aromatic carbocycles. The van der Waals surface area contributed by atoms with Crippen LogP contribution in [-0.2, 0) is 38.9 Å². The Morgan fingerprint density at radius 2 is 1.44 bits per heavy atom. The minimum absolute atomic E-state index is 0. The zero-order chi connectivity index (χ0) is 23.0. The van der Waals surface area contributed by atoms with Crippen LogP contribution in [0.25, 0.3) is 0 Å². The van der Waals surface area contributed by atoms with E-state index in [-0.39, 0.29) is 52.9 Å². The van der Waals surface area contributed by atoms with Crippen molar-refractivity contribution in [2.45, 2.75) is 69.5 Å². The molecule has 32 heavy (non-hydrogen) atoms. The van der Waals surface area contributed by atoms with Crippen molar-refractivity contribution < 1.29 is 71.3 Å². The van der Waals surface area contributed by atoms with E-state index < -0.39 is 39.6 Å². The predicted octanol–water partition coefficient (Wildman–Crippen LogP) is -2.44. The fourth-order valence-electron chi connectivity index (χ4n) is 3.30. The third-order valence-corrected chi connectivity index (χ3v) is 6.08. The fraction of sp³-hybridized carbons (Fsp3) is 0.632. The second kappa shape index (κ2) is 13.2. The molecule has 0 N–H and O–H groups in total. The molecule has 0 aromatic heterocycles. The Morgan fingerprint density at radius 3 is 1.94 bits per heavy atom. The molecule has 0 bridgehead atoms. The molecule has 0 saturated carbocycles. The van der Waals surface area contributed by atoms with Crippen molar-refractivity contribution in [3.05, 3.63) is 12.2 Å². The zero-order valence-corrected chi connectivity index (χ0v) is 20.8. The number of hydrogen-bond acceptors (Lipinski definition) is 9. The molecular weight excluding hydrogens is 455 g/mol. The number of nitrogens with zero attached hydrogens (tertiary/aromatic N) is 2. The molecule has 1 atom stereocenters. The van der Waals surface area contributed by atoms with E-state index in [0.29, 0.717) is 13.0 Å². The second-order valence-corrected chi connectivity index (χ2v) is 8.97. The van der Waals surface area contributed by atoms with Crippen molar-refractivity contribution in [2.75, 3.05) is 6.54 Å². The Labute approximate surface area is 208 Å². The summed E-state index contributed by atoms with van der Waals surface area (Å²) >= 11 is 0. The summed E-state index contributed by atoms with van der Waals surface area (Å²) in [6.07, 6.45) is 8.32. The Kier molecular flexibility index (Phi) is 11.7. The van der Waals surface area contributed by atoms with Gasteiger partial charge in [0.25, 0.3) is 23.6 Å². The number of amides is 4. The maximum absolute atomic E-state index is 11.8. The summed E-state index contributed by atoms with van der Waals surface area (Å²) < 4.78 is 32.8. The van der Waals surface area contributed by atoms with Crippen LogP contribution in [0.1, 0.15) is 64.2 Å². The number of rotatable bonds is 13. The number of hydrogen-bond donors (Lipinski definition) is 0. The van der Waals surface area contributed by atoms with Gasteiger partial charge in [-0.25, -0.2) is 13.2 Å². The average Bonchev–Trinajstić information content (AvgIpc) is 3.16. The predicted molar refractivity (Wildman–Crippen MR) is 103 cm³/mol. The molecule has 0 aromatic rings. The summed E-state index contributed by atoms with van der Waals surface area (Å²) in [6, 6.07) is 0. The van der Waals surface area contributed by atoms with E-state index in [1.807, 2.05) is 0 Å². The Morgan fingerprint density at radius 1 is 0.938 bits per heavy atom. The monoisotopic (exact) mass is 480 g/mol. The standard InChI is InChI=1S/C19H26N2O9S.Na/c22-15-10-11-16(23)20(15)12-8-6-4-2-1-3-5-7-9-18(25)30-21-17(24)13-14(19(21)26)31(27,28)29;/h10-11,14H,1-9,12-13H2,(H,27,28,29);/q;+1/p-1. The van der Waals surface area contributed by atoms with Crippen LogP contribution in [-0.4, -0.2) is 64.3 Å². The van der Waals surface area contributed by atoms with E-state index in [1.54, 1.807) is 0 Å². The minimum Gasteiger partial charge on any atom is -0.747 e. The van der Waals surface area contributed by atoms with Crippen molar-refractivity contribution in [1.29, 1.82) is 0 Å². The zero-order valence-electron chi connectivity index (χ0n) is 18.0. The molecule has 1 fully saturated rings. The average molecular weight is 480 g/mol. The van der Waals surface area contributed by atoms with Crippen LogP contribution in [0.3, 0.4) is 0 Å². The first-order chi connectivity index (χ1) is 14.6. The number of imide groups is 2. The summed E-state index contributed by atoms with van der Waals surface area (Å²) in [5.74, 6) is -3.73. The van der Waals surface area contributed by atoms with Crippen molar-refractivity contribution in [1.82, 2.24) is 9.96 Å². The van der Waals surface area contributed by atoms with Gasteiger partial charge in [-0.1, -0.05) is 38.5 Å². The van der Waals surface area contributed by atoms with Crippen molar-refractivity contribution >= 4 is 39.7 Å². The van der Waals surface area contributed by atoms with Gasteiger partial charge in [-0.15, -0.1) is 5.06 Å². The molecule has 13 heteroatoms. The maximum atomic E-state index is 11.8. The van der Waals surface area contributed by atoms with E-state index in [2.05, 4.69) is 4.84 Å². The van der Waals surface area contributed by atoms with Crippen molar-refractivity contribution in [3.63, 3.8) is 0 Å². The van der Waals surface area contributed by atoms with Gasteiger partial charge >= 0.3 is 35.5 Å². The first-order valence-corrected chi connectivity index (χ1v) is 11.6. The molecule has 0 radical (unpaired) electrons. The van der Waals surface area contributed by atoms with E-state index in [9.17, 15) is 36.9 Å². The molecule has 0 spiro atoms. The van der Waals surface area contributed by atoms with E-state index >= 15 is 0 Å². The minimum atomic E-state index is -4.99. The molecule has 1 saturated heterocycles. The molecule has 2 aliphatic heterocycles. The largest absolute Gasteiger partial charge is 1.00 e. The maximum Gasteiger partial charge on any atom is 1.00 e. The summed E-state index contributed by atoms with van der Waals surface area (Å²) in [5, 5.41) is -1.97.